The molecule has 6 heteroatoms. The number of hydrogen-bond acceptors (Lipinski definition) is 5. The van der Waals surface area contributed by atoms with Gasteiger partial charge in [-0.2, -0.15) is 0 Å². The van der Waals surface area contributed by atoms with E-state index in [-0.39, 0.29) is 31.0 Å². The second kappa shape index (κ2) is 8.62. The molecule has 0 aliphatic rings. The van der Waals surface area contributed by atoms with Crippen molar-refractivity contribution in [2.45, 2.75) is 13.2 Å². The van der Waals surface area contributed by atoms with Crippen LogP contribution in [0.25, 0.3) is 0 Å². The summed E-state index contributed by atoms with van der Waals surface area (Å²) in [5.74, 6) is 0.284. The van der Waals surface area contributed by atoms with Crippen molar-refractivity contribution in [3.8, 4) is 11.5 Å². The summed E-state index contributed by atoms with van der Waals surface area (Å²) in [4.78, 5) is 9.37. The quantitative estimate of drug-likeness (QED) is 0.326. The number of anilines is 1. The number of phenols is 2. The molecule has 2 aromatic carbocycles. The Morgan fingerprint density at radius 1 is 1.05 bits per heavy atom. The molecule has 108 valence electrons. The van der Waals surface area contributed by atoms with Gasteiger partial charge in [-0.1, -0.05) is 12.1 Å². The molecule has 0 aliphatic carbocycles. The molecular formula is C15H17NO4Zn. The number of hydrogen-bond donors (Lipinski definition) is 3. The maximum Gasteiger partial charge on any atom is 0.120 e. The number of nitrogens with one attached hydrogen (secondary N) is 1. The molecular weight excluding hydrogens is 324 g/mol. The average molecular weight is 341 g/mol. The molecule has 0 aromatic heterocycles. The fourth-order valence-corrected chi connectivity index (χ4v) is 1.76. The molecule has 0 fully saturated rings. The van der Waals surface area contributed by atoms with Crippen LogP contribution in [0.15, 0.2) is 42.5 Å². The van der Waals surface area contributed by atoms with Gasteiger partial charge >= 0.3 is 0 Å². The zero-order valence-corrected chi connectivity index (χ0v) is 14.8. The van der Waals surface area contributed by atoms with E-state index < -0.39 is 0 Å². The third kappa shape index (κ3) is 5.35. The largest absolute Gasteiger partial charge is 0.508 e. The first-order chi connectivity index (χ1) is 9.69. The maximum atomic E-state index is 9.67. The van der Waals surface area contributed by atoms with E-state index in [9.17, 15) is 10.2 Å². The molecule has 5 nitrogen and oxygen atoms in total. The van der Waals surface area contributed by atoms with E-state index in [0.717, 1.165) is 11.3 Å². The van der Waals surface area contributed by atoms with Crippen LogP contribution in [-0.2, 0) is 42.4 Å². The molecule has 0 heterocycles. The van der Waals surface area contributed by atoms with Crippen LogP contribution in [-0.4, -0.2) is 17.3 Å². The second-order valence-electron chi connectivity index (χ2n) is 4.29. The fourth-order valence-electron chi connectivity index (χ4n) is 1.76. The molecule has 0 saturated carbocycles. The van der Waals surface area contributed by atoms with E-state index in [4.69, 9.17) is 4.89 Å². The van der Waals surface area contributed by atoms with Crippen LogP contribution in [0.5, 0.6) is 11.5 Å². The first-order valence-electron chi connectivity index (χ1n) is 6.18. The second-order valence-corrected chi connectivity index (χ2v) is 4.29. The van der Waals surface area contributed by atoms with Gasteiger partial charge in [0.1, 0.15) is 18.1 Å². The summed E-state index contributed by atoms with van der Waals surface area (Å²) in [5, 5.41) is 22.2. The third-order valence-electron chi connectivity index (χ3n) is 2.84. The number of benzene rings is 2. The Morgan fingerprint density at radius 2 is 1.76 bits per heavy atom. The van der Waals surface area contributed by atoms with Crippen molar-refractivity contribution >= 4 is 5.69 Å². The van der Waals surface area contributed by atoms with Gasteiger partial charge in [-0.3, -0.25) is 0 Å². The monoisotopic (exact) mass is 339 g/mol. The van der Waals surface area contributed by atoms with Crippen LogP contribution >= 0.6 is 0 Å². The summed E-state index contributed by atoms with van der Waals surface area (Å²) in [6.07, 6.45) is 0. The van der Waals surface area contributed by atoms with Crippen molar-refractivity contribution in [3.05, 3.63) is 53.6 Å². The number of rotatable bonds is 6. The van der Waals surface area contributed by atoms with Gasteiger partial charge in [-0.25, -0.2) is 9.78 Å². The zero-order chi connectivity index (χ0) is 14.4. The fraction of sp³-hybridized carbons (Fsp3) is 0.200. The summed E-state index contributed by atoms with van der Waals surface area (Å²) >= 11 is 0. The van der Waals surface area contributed by atoms with Crippen LogP contribution in [0, 0.1) is 0 Å². The molecule has 0 spiro atoms. The predicted octanol–water partition coefficient (Wildman–Crippen LogP) is 2.79. The normalized spacial score (nSPS) is 9.95. The standard InChI is InChI=1S/C15H17NO4.Zn/c1-19-20-10-11-2-4-13(5-3-11)16-9-12-8-14(17)6-7-15(12)18;/h2-8,16-18H,9-10H2,1H3;. The van der Waals surface area contributed by atoms with Gasteiger partial charge in [-0.15, -0.1) is 0 Å². The first kappa shape index (κ1) is 17.4. The van der Waals surface area contributed by atoms with Crippen LogP contribution in [0.4, 0.5) is 5.69 Å². The van der Waals surface area contributed by atoms with Gasteiger partial charge in [0.05, 0.1) is 7.11 Å². The summed E-state index contributed by atoms with van der Waals surface area (Å²) in [6, 6.07) is 12.1. The van der Waals surface area contributed by atoms with Gasteiger partial charge in [-0.05, 0) is 35.9 Å². The van der Waals surface area contributed by atoms with Crippen molar-refractivity contribution < 1.29 is 39.5 Å². The Kier molecular flexibility index (Phi) is 7.16. The number of phenolic OH excluding ortho intramolecular Hbond substituents is 2. The van der Waals surface area contributed by atoms with Gasteiger partial charge in [0.25, 0.3) is 0 Å². The van der Waals surface area contributed by atoms with Crippen molar-refractivity contribution in [2.24, 2.45) is 0 Å². The van der Waals surface area contributed by atoms with E-state index in [0.29, 0.717) is 18.7 Å². The van der Waals surface area contributed by atoms with Crippen LogP contribution in [0.1, 0.15) is 11.1 Å². The van der Waals surface area contributed by atoms with E-state index in [1.54, 1.807) is 0 Å². The number of aromatic hydroxyl groups is 2. The Morgan fingerprint density at radius 3 is 2.43 bits per heavy atom. The molecule has 0 bridgehead atoms. The minimum atomic E-state index is 0. The summed E-state index contributed by atoms with van der Waals surface area (Å²) in [7, 11) is 1.47. The molecule has 0 radical (unpaired) electrons. The van der Waals surface area contributed by atoms with Crippen molar-refractivity contribution in [2.75, 3.05) is 12.4 Å². The molecule has 0 atom stereocenters. The van der Waals surface area contributed by atoms with Gasteiger partial charge < -0.3 is 15.5 Å². The van der Waals surface area contributed by atoms with Crippen LogP contribution < -0.4 is 5.32 Å². The first-order valence-corrected chi connectivity index (χ1v) is 6.18. The molecule has 21 heavy (non-hydrogen) atoms. The molecule has 0 amide bonds. The Balaban J connectivity index is 0.00000220. The molecule has 0 unspecified atom stereocenters. The molecule has 0 aliphatic heterocycles. The average Bonchev–Trinajstić information content (AvgIpc) is 2.47. The van der Waals surface area contributed by atoms with Gasteiger partial charge in [0.2, 0.25) is 0 Å². The predicted molar refractivity (Wildman–Crippen MR) is 75.3 cm³/mol. The Labute approximate surface area is 136 Å². The summed E-state index contributed by atoms with van der Waals surface area (Å²) in [6.45, 7) is 0.818. The summed E-state index contributed by atoms with van der Waals surface area (Å²) < 4.78 is 0. The minimum absolute atomic E-state index is 0. The summed E-state index contributed by atoms with van der Waals surface area (Å²) in [5.41, 5.74) is 2.54. The zero-order valence-electron chi connectivity index (χ0n) is 11.9. The van der Waals surface area contributed by atoms with Crippen LogP contribution in [0.2, 0.25) is 0 Å². The minimum Gasteiger partial charge on any atom is -0.508 e. The SMILES string of the molecule is COOCc1ccc(NCc2cc(O)ccc2O)cc1.[Zn]. The Hall–Kier alpha value is -1.62. The smallest absolute Gasteiger partial charge is 0.120 e. The van der Waals surface area contributed by atoms with E-state index in [1.165, 1.54) is 25.3 Å². The van der Waals surface area contributed by atoms with Crippen molar-refractivity contribution in [1.82, 2.24) is 0 Å². The van der Waals surface area contributed by atoms with Crippen LogP contribution in [0.3, 0.4) is 0 Å². The van der Waals surface area contributed by atoms with E-state index in [1.807, 2.05) is 24.3 Å². The maximum absolute atomic E-state index is 9.67. The van der Waals surface area contributed by atoms with E-state index in [2.05, 4.69) is 10.2 Å². The topological polar surface area (TPSA) is 71.0 Å². The molecule has 0 saturated heterocycles. The van der Waals surface area contributed by atoms with Crippen molar-refractivity contribution in [1.29, 1.82) is 0 Å². The van der Waals surface area contributed by atoms with Crippen molar-refractivity contribution in [3.63, 3.8) is 0 Å². The van der Waals surface area contributed by atoms with Gasteiger partial charge in [0.15, 0.2) is 0 Å². The Bertz CT molecular complexity index is 560. The molecule has 2 aromatic rings. The van der Waals surface area contributed by atoms with Gasteiger partial charge in [0, 0.05) is 37.3 Å². The van der Waals surface area contributed by atoms with E-state index >= 15 is 0 Å². The third-order valence-corrected chi connectivity index (χ3v) is 2.84. The molecule has 3 N–H and O–H groups in total. The molecule has 2 rings (SSSR count).